The highest BCUT2D eigenvalue weighted by Crippen LogP contribution is 2.26. The fourth-order valence-electron chi connectivity index (χ4n) is 2.32. The standard InChI is InChI=1S/C13H18ClFN2O3S/c1-13(3-2-4-20-8-13)17-21(18,19)10-5-9(7-16)12(14)11(15)6-10/h5-6,17H,2-4,7-8,16H2,1H3. The van der Waals surface area contributed by atoms with E-state index in [-0.39, 0.29) is 28.6 Å². The lowest BCUT2D eigenvalue weighted by Crippen LogP contribution is -2.51. The van der Waals surface area contributed by atoms with Crippen LogP contribution in [-0.2, 0) is 21.3 Å². The first-order valence-electron chi connectivity index (χ1n) is 6.57. The highest BCUT2D eigenvalue weighted by molar-refractivity contribution is 7.89. The van der Waals surface area contributed by atoms with E-state index in [9.17, 15) is 12.8 Å². The maximum atomic E-state index is 13.7. The van der Waals surface area contributed by atoms with Gasteiger partial charge >= 0.3 is 0 Å². The van der Waals surface area contributed by atoms with Crippen LogP contribution in [0.4, 0.5) is 4.39 Å². The van der Waals surface area contributed by atoms with Gasteiger partial charge in [0.25, 0.3) is 0 Å². The van der Waals surface area contributed by atoms with Crippen molar-refractivity contribution in [2.75, 3.05) is 13.2 Å². The summed E-state index contributed by atoms with van der Waals surface area (Å²) in [4.78, 5) is -0.184. The zero-order chi connectivity index (χ0) is 15.7. The molecule has 3 N–H and O–H groups in total. The van der Waals surface area contributed by atoms with Gasteiger partial charge < -0.3 is 10.5 Å². The summed E-state index contributed by atoms with van der Waals surface area (Å²) in [6.07, 6.45) is 1.42. The van der Waals surface area contributed by atoms with E-state index in [0.29, 0.717) is 13.0 Å². The summed E-state index contributed by atoms with van der Waals surface area (Å²) in [5.74, 6) is -0.801. The largest absolute Gasteiger partial charge is 0.380 e. The van der Waals surface area contributed by atoms with Crippen molar-refractivity contribution >= 4 is 21.6 Å². The van der Waals surface area contributed by atoms with Crippen LogP contribution in [0.1, 0.15) is 25.3 Å². The third-order valence-electron chi connectivity index (χ3n) is 3.43. The third kappa shape index (κ3) is 3.73. The van der Waals surface area contributed by atoms with Crippen LogP contribution in [0.15, 0.2) is 17.0 Å². The first kappa shape index (κ1) is 16.6. The molecule has 0 saturated carbocycles. The van der Waals surface area contributed by atoms with Crippen LogP contribution in [0.25, 0.3) is 0 Å². The summed E-state index contributed by atoms with van der Waals surface area (Å²) in [5.41, 5.74) is 5.01. The van der Waals surface area contributed by atoms with Crippen LogP contribution in [0.5, 0.6) is 0 Å². The zero-order valence-corrected chi connectivity index (χ0v) is 13.2. The normalized spacial score (nSPS) is 23.2. The van der Waals surface area contributed by atoms with Gasteiger partial charge in [-0.15, -0.1) is 0 Å². The van der Waals surface area contributed by atoms with Gasteiger partial charge in [0, 0.05) is 13.2 Å². The fourth-order valence-corrected chi connectivity index (χ4v) is 3.99. The molecule has 21 heavy (non-hydrogen) atoms. The van der Waals surface area contributed by atoms with Gasteiger partial charge in [-0.25, -0.2) is 17.5 Å². The Morgan fingerprint density at radius 3 is 2.81 bits per heavy atom. The molecule has 118 valence electrons. The van der Waals surface area contributed by atoms with E-state index in [0.717, 1.165) is 12.5 Å². The maximum absolute atomic E-state index is 13.7. The molecule has 0 amide bonds. The van der Waals surface area contributed by atoms with Crippen LogP contribution < -0.4 is 10.5 Å². The predicted molar refractivity (Wildman–Crippen MR) is 78.1 cm³/mol. The molecule has 0 bridgehead atoms. The molecule has 0 aliphatic carbocycles. The summed E-state index contributed by atoms with van der Waals surface area (Å²) in [5, 5.41) is -0.149. The monoisotopic (exact) mass is 336 g/mol. The van der Waals surface area contributed by atoms with Crippen LogP contribution in [-0.4, -0.2) is 27.2 Å². The average molecular weight is 337 g/mol. The lowest BCUT2D eigenvalue weighted by atomic mass is 9.97. The second-order valence-electron chi connectivity index (χ2n) is 5.40. The predicted octanol–water partition coefficient (Wildman–Crippen LogP) is 1.79. The van der Waals surface area contributed by atoms with Crippen molar-refractivity contribution in [3.8, 4) is 0 Å². The number of sulfonamides is 1. The molecule has 1 unspecified atom stereocenters. The maximum Gasteiger partial charge on any atom is 0.241 e. The lowest BCUT2D eigenvalue weighted by molar-refractivity contribution is 0.0386. The molecule has 1 heterocycles. The van der Waals surface area contributed by atoms with Crippen molar-refractivity contribution < 1.29 is 17.5 Å². The fraction of sp³-hybridized carbons (Fsp3) is 0.538. The van der Waals surface area contributed by atoms with E-state index in [4.69, 9.17) is 22.1 Å². The van der Waals surface area contributed by atoms with Gasteiger partial charge in [0.2, 0.25) is 10.0 Å². The lowest BCUT2D eigenvalue weighted by Gasteiger charge is -2.33. The highest BCUT2D eigenvalue weighted by atomic mass is 35.5. The Kier molecular flexibility index (Phi) is 4.89. The zero-order valence-electron chi connectivity index (χ0n) is 11.7. The molecule has 1 fully saturated rings. The van der Waals surface area contributed by atoms with Crippen LogP contribution >= 0.6 is 11.6 Å². The molecule has 0 radical (unpaired) electrons. The van der Waals surface area contributed by atoms with Crippen LogP contribution in [0, 0.1) is 5.82 Å². The Labute approximate surface area is 128 Å². The number of benzene rings is 1. The highest BCUT2D eigenvalue weighted by Gasteiger charge is 2.33. The van der Waals surface area contributed by atoms with Crippen molar-refractivity contribution in [3.05, 3.63) is 28.5 Å². The Hall–Kier alpha value is -0.730. The summed E-state index contributed by atoms with van der Waals surface area (Å²) < 4.78 is 46.5. The van der Waals surface area contributed by atoms with Gasteiger partial charge in [0.15, 0.2) is 0 Å². The molecule has 1 aromatic rings. The topological polar surface area (TPSA) is 81.4 Å². The second-order valence-corrected chi connectivity index (χ2v) is 7.46. The first-order chi connectivity index (χ1) is 9.77. The van der Waals surface area contributed by atoms with Gasteiger partial charge in [-0.2, -0.15) is 0 Å². The molecular formula is C13H18ClFN2O3S. The molecule has 1 aliphatic heterocycles. The van der Waals surface area contributed by atoms with E-state index < -0.39 is 21.4 Å². The van der Waals surface area contributed by atoms with Gasteiger partial charge in [-0.1, -0.05) is 11.6 Å². The summed E-state index contributed by atoms with van der Waals surface area (Å²) in [7, 11) is -3.87. The number of nitrogens with one attached hydrogen (secondary N) is 1. The SMILES string of the molecule is CC1(NS(=O)(=O)c2cc(F)c(Cl)c(CN)c2)CCCOC1. The first-order valence-corrected chi connectivity index (χ1v) is 8.43. The van der Waals surface area contributed by atoms with Crippen molar-refractivity contribution in [3.63, 3.8) is 0 Å². The molecule has 1 atom stereocenters. The van der Waals surface area contributed by atoms with Crippen molar-refractivity contribution in [1.29, 1.82) is 0 Å². The third-order valence-corrected chi connectivity index (χ3v) is 5.47. The summed E-state index contributed by atoms with van der Waals surface area (Å²) in [6, 6.07) is 2.19. The molecule has 2 rings (SSSR count). The molecule has 0 aromatic heterocycles. The summed E-state index contributed by atoms with van der Waals surface area (Å²) in [6.45, 7) is 2.62. The number of nitrogens with two attached hydrogens (primary N) is 1. The molecule has 8 heteroatoms. The number of rotatable bonds is 4. The Balaban J connectivity index is 2.33. The van der Waals surface area contributed by atoms with E-state index in [1.54, 1.807) is 6.92 Å². The van der Waals surface area contributed by atoms with E-state index in [2.05, 4.69) is 4.72 Å². The number of hydrogen-bond donors (Lipinski definition) is 2. The molecule has 1 saturated heterocycles. The minimum absolute atomic E-state index is 0.0422. The minimum atomic E-state index is -3.87. The number of ether oxygens (including phenoxy) is 1. The molecule has 5 nitrogen and oxygen atoms in total. The van der Waals surface area contributed by atoms with E-state index >= 15 is 0 Å². The van der Waals surface area contributed by atoms with Gasteiger partial charge in [-0.3, -0.25) is 0 Å². The molecular weight excluding hydrogens is 319 g/mol. The number of halogens is 2. The molecule has 1 aromatic carbocycles. The van der Waals surface area contributed by atoms with Gasteiger partial charge in [-0.05, 0) is 37.5 Å². The Morgan fingerprint density at radius 2 is 2.24 bits per heavy atom. The smallest absolute Gasteiger partial charge is 0.241 e. The van der Waals surface area contributed by atoms with Gasteiger partial charge in [0.1, 0.15) is 5.82 Å². The quantitative estimate of drug-likeness (QED) is 0.878. The van der Waals surface area contributed by atoms with Crippen LogP contribution in [0.3, 0.4) is 0 Å². The van der Waals surface area contributed by atoms with Crippen molar-refractivity contribution in [2.45, 2.75) is 36.7 Å². The summed E-state index contributed by atoms with van der Waals surface area (Å²) >= 11 is 5.74. The van der Waals surface area contributed by atoms with Crippen molar-refractivity contribution in [2.24, 2.45) is 5.73 Å². The van der Waals surface area contributed by atoms with E-state index in [1.807, 2.05) is 0 Å². The second kappa shape index (κ2) is 6.18. The minimum Gasteiger partial charge on any atom is -0.380 e. The molecule has 0 spiro atoms. The van der Waals surface area contributed by atoms with E-state index in [1.165, 1.54) is 6.07 Å². The average Bonchev–Trinajstić information content (AvgIpc) is 2.41. The Morgan fingerprint density at radius 1 is 1.52 bits per heavy atom. The Bertz CT molecular complexity index is 631. The van der Waals surface area contributed by atoms with Crippen LogP contribution in [0.2, 0.25) is 5.02 Å². The molecule has 1 aliphatic rings. The van der Waals surface area contributed by atoms with Crippen molar-refractivity contribution in [1.82, 2.24) is 4.72 Å². The van der Waals surface area contributed by atoms with Gasteiger partial charge in [0.05, 0.1) is 22.1 Å². The number of hydrogen-bond acceptors (Lipinski definition) is 4.